The maximum absolute atomic E-state index is 14.5. The van der Waals surface area contributed by atoms with Crippen LogP contribution >= 0.6 is 22.6 Å². The van der Waals surface area contributed by atoms with Crippen molar-refractivity contribution in [3.63, 3.8) is 0 Å². The van der Waals surface area contributed by atoms with Gasteiger partial charge in [0.1, 0.15) is 6.10 Å². The molecule has 5 rings (SSSR count). The minimum absolute atomic E-state index is 0.0245. The number of sulfonamides is 1. The number of ether oxygens (including phenoxy) is 1. The van der Waals surface area contributed by atoms with Crippen LogP contribution in [0.5, 0.6) is 0 Å². The molecule has 3 aromatic rings. The van der Waals surface area contributed by atoms with E-state index in [0.29, 0.717) is 5.69 Å². The van der Waals surface area contributed by atoms with Gasteiger partial charge in [0, 0.05) is 8.99 Å². The molecule has 2 saturated carbocycles. The van der Waals surface area contributed by atoms with E-state index in [2.05, 4.69) is 43.4 Å². The lowest BCUT2D eigenvalue weighted by molar-refractivity contribution is -0.157. The molecule has 2 aliphatic carbocycles. The van der Waals surface area contributed by atoms with E-state index in [9.17, 15) is 13.2 Å². The summed E-state index contributed by atoms with van der Waals surface area (Å²) in [5.74, 6) is -0.298. The van der Waals surface area contributed by atoms with Gasteiger partial charge in [-0.15, -0.1) is 0 Å². The number of halogens is 1. The zero-order valence-electron chi connectivity index (χ0n) is 23.1. The molecule has 2 bridgehead atoms. The van der Waals surface area contributed by atoms with Crippen LogP contribution < -0.4 is 4.31 Å². The third kappa shape index (κ3) is 4.79. The topological polar surface area (TPSA) is 63.7 Å². The second kappa shape index (κ2) is 10.2. The molecule has 5 nitrogen and oxygen atoms in total. The molecule has 0 unspecified atom stereocenters. The van der Waals surface area contributed by atoms with Crippen LogP contribution in [0.15, 0.2) is 77.7 Å². The van der Waals surface area contributed by atoms with Crippen molar-refractivity contribution in [3.05, 3.63) is 93.1 Å². The van der Waals surface area contributed by atoms with Crippen molar-refractivity contribution in [2.45, 2.75) is 70.9 Å². The number of rotatable bonds is 7. The zero-order chi connectivity index (χ0) is 28.2. The molecule has 0 spiro atoms. The molecule has 0 amide bonds. The van der Waals surface area contributed by atoms with Gasteiger partial charge in [-0.3, -0.25) is 9.10 Å². The molecule has 3 aromatic carbocycles. The number of hydrogen-bond donors (Lipinski definition) is 0. The normalized spacial score (nSPS) is 25.4. The number of carbonyl (C=O) groups excluding carboxylic acids is 1. The minimum Gasteiger partial charge on any atom is -0.459 e. The number of nitrogens with zero attached hydrogens (tertiary/aromatic N) is 1. The Bertz CT molecular complexity index is 1480. The Hall–Kier alpha value is -2.39. The van der Waals surface area contributed by atoms with Gasteiger partial charge in [-0.05, 0) is 108 Å². The molecule has 0 heterocycles. The maximum atomic E-state index is 14.5. The Kier molecular flexibility index (Phi) is 7.38. The second-order valence-electron chi connectivity index (χ2n) is 11.9. The predicted octanol–water partition coefficient (Wildman–Crippen LogP) is 7.08. The van der Waals surface area contributed by atoms with E-state index >= 15 is 0 Å². The van der Waals surface area contributed by atoms with E-state index in [1.165, 1.54) is 0 Å². The van der Waals surface area contributed by atoms with Gasteiger partial charge in [0.2, 0.25) is 0 Å². The number of anilines is 1. The maximum Gasteiger partial charge on any atom is 0.310 e. The molecule has 0 N–H and O–H groups in total. The number of carbonyl (C=O) groups is 1. The summed E-state index contributed by atoms with van der Waals surface area (Å²) >= 11 is 2.24. The summed E-state index contributed by atoms with van der Waals surface area (Å²) in [6.07, 6.45) is 1.33. The highest BCUT2D eigenvalue weighted by Gasteiger charge is 2.70. The molecular formula is C32H36INO4S. The Morgan fingerprint density at radius 2 is 1.59 bits per heavy atom. The molecule has 2 fully saturated rings. The Morgan fingerprint density at radius 1 is 0.974 bits per heavy atom. The quantitative estimate of drug-likeness (QED) is 0.201. The summed E-state index contributed by atoms with van der Waals surface area (Å²) < 4.78 is 38.0. The highest BCUT2D eigenvalue weighted by molar-refractivity contribution is 14.1. The van der Waals surface area contributed by atoms with Crippen molar-refractivity contribution in [1.82, 2.24) is 0 Å². The van der Waals surface area contributed by atoms with Crippen LogP contribution in [0, 0.1) is 34.2 Å². The van der Waals surface area contributed by atoms with Crippen LogP contribution in [0.2, 0.25) is 0 Å². The molecule has 7 heteroatoms. The van der Waals surface area contributed by atoms with Gasteiger partial charge in [0.15, 0.2) is 0 Å². The number of aryl methyl sites for hydroxylation is 2. The third-order valence-corrected chi connectivity index (χ3v) is 12.2. The van der Waals surface area contributed by atoms with Crippen molar-refractivity contribution in [2.75, 3.05) is 4.31 Å². The van der Waals surface area contributed by atoms with Gasteiger partial charge >= 0.3 is 5.97 Å². The first kappa shape index (κ1) is 28.1. The molecule has 0 aromatic heterocycles. The average Bonchev–Trinajstić information content (AvgIpc) is 3.19. The zero-order valence-corrected chi connectivity index (χ0v) is 26.1. The molecule has 0 saturated heterocycles. The first-order chi connectivity index (χ1) is 18.4. The Morgan fingerprint density at radius 3 is 2.23 bits per heavy atom. The van der Waals surface area contributed by atoms with Gasteiger partial charge < -0.3 is 4.74 Å². The molecule has 0 radical (unpaired) electrons. The molecule has 4 atom stereocenters. The highest BCUT2D eigenvalue weighted by Crippen LogP contribution is 2.68. The van der Waals surface area contributed by atoms with Crippen LogP contribution in [0.3, 0.4) is 0 Å². The Labute approximate surface area is 246 Å². The molecular weight excluding hydrogens is 621 g/mol. The lowest BCUT2D eigenvalue weighted by Gasteiger charge is -2.42. The standard InChI is InChI=1S/C32H36INO4S/c1-21-17-22(2)19-24(18-21)34(39(36,37)25-12-7-6-8-13-25)29-26-15-16-32(5,31(26,3)4)30(29)38-28(35)20-23-11-9-10-14-27(23)33/h6-14,17-19,26,29-30H,15-16,20H2,1-5H3/t26-,29-,30-,32+/m0/s1. The van der Waals surface area contributed by atoms with Gasteiger partial charge in [-0.25, -0.2) is 8.42 Å². The van der Waals surface area contributed by atoms with Gasteiger partial charge in [0.25, 0.3) is 10.0 Å². The molecule has 0 aliphatic heterocycles. The summed E-state index contributed by atoms with van der Waals surface area (Å²) in [4.78, 5) is 13.7. The van der Waals surface area contributed by atoms with Crippen molar-refractivity contribution >= 4 is 44.3 Å². The lowest BCUT2D eigenvalue weighted by Crippen LogP contribution is -2.54. The number of benzene rings is 3. The second-order valence-corrected chi connectivity index (χ2v) is 14.9. The Balaban J connectivity index is 1.64. The van der Waals surface area contributed by atoms with E-state index in [0.717, 1.165) is 33.1 Å². The fourth-order valence-corrected chi connectivity index (χ4v) is 9.25. The average molecular weight is 658 g/mol. The summed E-state index contributed by atoms with van der Waals surface area (Å²) in [7, 11) is -3.96. The first-order valence-electron chi connectivity index (χ1n) is 13.5. The fourth-order valence-electron chi connectivity index (χ4n) is 6.98. The largest absolute Gasteiger partial charge is 0.459 e. The smallest absolute Gasteiger partial charge is 0.310 e. The van der Waals surface area contributed by atoms with Gasteiger partial charge in [-0.2, -0.15) is 0 Å². The van der Waals surface area contributed by atoms with E-state index in [1.54, 1.807) is 28.6 Å². The van der Waals surface area contributed by atoms with Crippen LogP contribution in [0.25, 0.3) is 0 Å². The van der Waals surface area contributed by atoms with E-state index in [1.807, 2.05) is 62.4 Å². The number of hydrogen-bond acceptors (Lipinski definition) is 4. The monoisotopic (exact) mass is 657 g/mol. The summed E-state index contributed by atoms with van der Waals surface area (Å²) in [6.45, 7) is 10.6. The van der Waals surface area contributed by atoms with Gasteiger partial charge in [0.05, 0.1) is 23.0 Å². The summed E-state index contributed by atoms with van der Waals surface area (Å²) in [5, 5.41) is 0. The van der Waals surface area contributed by atoms with Crippen molar-refractivity contribution < 1.29 is 17.9 Å². The van der Waals surface area contributed by atoms with Gasteiger partial charge in [-0.1, -0.05) is 63.2 Å². The summed E-state index contributed by atoms with van der Waals surface area (Å²) in [5.41, 5.74) is 2.90. The van der Waals surface area contributed by atoms with E-state index < -0.39 is 22.2 Å². The lowest BCUT2D eigenvalue weighted by atomic mass is 9.70. The van der Waals surface area contributed by atoms with Crippen molar-refractivity contribution in [3.8, 4) is 0 Å². The van der Waals surface area contributed by atoms with E-state index in [-0.39, 0.29) is 34.0 Å². The number of fused-ring (bicyclic) bond motifs is 2. The molecule has 206 valence electrons. The van der Waals surface area contributed by atoms with Crippen molar-refractivity contribution in [1.29, 1.82) is 0 Å². The van der Waals surface area contributed by atoms with Crippen LogP contribution in [-0.2, 0) is 26.0 Å². The molecule has 2 aliphatic rings. The number of esters is 1. The van der Waals surface area contributed by atoms with Crippen LogP contribution in [0.1, 0.15) is 50.3 Å². The van der Waals surface area contributed by atoms with Crippen molar-refractivity contribution in [2.24, 2.45) is 16.7 Å². The summed E-state index contributed by atoms with van der Waals surface area (Å²) in [6, 6.07) is 21.8. The fraction of sp³-hybridized carbons (Fsp3) is 0.406. The predicted molar refractivity (Wildman–Crippen MR) is 163 cm³/mol. The first-order valence-corrected chi connectivity index (χ1v) is 16.0. The third-order valence-electron chi connectivity index (χ3n) is 9.31. The van der Waals surface area contributed by atoms with Crippen LogP contribution in [-0.4, -0.2) is 26.5 Å². The highest BCUT2D eigenvalue weighted by atomic mass is 127. The van der Waals surface area contributed by atoms with Crippen LogP contribution in [0.4, 0.5) is 5.69 Å². The SMILES string of the molecule is Cc1cc(C)cc(N([C@H]2[C@@H]3CC[C@](C)([C@H]2OC(=O)Cc2ccccc2I)C3(C)C)S(=O)(=O)c2ccccc2)c1. The minimum atomic E-state index is -3.96. The molecule has 39 heavy (non-hydrogen) atoms. The van der Waals surface area contributed by atoms with E-state index in [4.69, 9.17) is 4.74 Å².